The summed E-state index contributed by atoms with van der Waals surface area (Å²) in [6.45, 7) is 0. The van der Waals surface area contributed by atoms with E-state index in [2.05, 4.69) is 15.2 Å². The Morgan fingerprint density at radius 2 is 1.86 bits per heavy atom. The molecule has 0 radical (unpaired) electrons. The highest BCUT2D eigenvalue weighted by Gasteiger charge is 2.14. The van der Waals surface area contributed by atoms with E-state index in [0.717, 1.165) is 18.2 Å². The maximum atomic E-state index is 13.2. The molecule has 0 spiro atoms. The molecule has 0 amide bonds. The Kier molecular flexibility index (Phi) is 3.15. The SMILES string of the molecule is O=C(O)c1ccc(F)cc1Oc1nnc2ccccc2n1. The highest BCUT2D eigenvalue weighted by Crippen LogP contribution is 2.24. The average molecular weight is 285 g/mol. The third-order valence-electron chi connectivity index (χ3n) is 2.72. The Balaban J connectivity index is 2.02. The fraction of sp³-hybridized carbons (Fsp3) is 0. The standard InChI is InChI=1S/C14H8FN3O3/c15-8-5-6-9(13(19)20)12(7-8)21-14-16-10-3-1-2-4-11(10)17-18-14/h1-7H,(H,19,20). The molecule has 1 N–H and O–H groups in total. The predicted octanol–water partition coefficient (Wildman–Crippen LogP) is 2.65. The quantitative estimate of drug-likeness (QED) is 0.796. The minimum Gasteiger partial charge on any atom is -0.478 e. The molecule has 0 atom stereocenters. The first-order valence-corrected chi connectivity index (χ1v) is 5.93. The predicted molar refractivity (Wildman–Crippen MR) is 70.8 cm³/mol. The maximum absolute atomic E-state index is 13.2. The summed E-state index contributed by atoms with van der Waals surface area (Å²) < 4.78 is 18.5. The van der Waals surface area contributed by atoms with E-state index in [0.29, 0.717) is 11.0 Å². The summed E-state index contributed by atoms with van der Waals surface area (Å²) in [6, 6.07) is 9.95. The number of halogens is 1. The fourth-order valence-corrected chi connectivity index (χ4v) is 1.76. The van der Waals surface area contributed by atoms with Crippen LogP contribution in [0.1, 0.15) is 10.4 Å². The largest absolute Gasteiger partial charge is 0.478 e. The summed E-state index contributed by atoms with van der Waals surface area (Å²) in [5.41, 5.74) is 0.923. The molecule has 1 heterocycles. The molecule has 0 aliphatic carbocycles. The summed E-state index contributed by atoms with van der Waals surface area (Å²) in [5.74, 6) is -2.04. The van der Waals surface area contributed by atoms with E-state index in [1.807, 2.05) is 0 Å². The molecule has 0 unspecified atom stereocenters. The van der Waals surface area contributed by atoms with Crippen molar-refractivity contribution in [2.45, 2.75) is 0 Å². The van der Waals surface area contributed by atoms with Gasteiger partial charge in [-0.05, 0) is 24.3 Å². The molecule has 0 fully saturated rings. The van der Waals surface area contributed by atoms with Crippen LogP contribution in [-0.2, 0) is 0 Å². The second kappa shape index (κ2) is 5.12. The Bertz CT molecular complexity index is 839. The van der Waals surface area contributed by atoms with E-state index >= 15 is 0 Å². The monoisotopic (exact) mass is 285 g/mol. The van der Waals surface area contributed by atoms with Gasteiger partial charge in [-0.25, -0.2) is 9.18 Å². The summed E-state index contributed by atoms with van der Waals surface area (Å²) in [7, 11) is 0. The lowest BCUT2D eigenvalue weighted by atomic mass is 10.2. The molecule has 6 nitrogen and oxygen atoms in total. The number of ether oxygens (including phenoxy) is 1. The van der Waals surface area contributed by atoms with Crippen molar-refractivity contribution < 1.29 is 19.0 Å². The summed E-state index contributed by atoms with van der Waals surface area (Å²) in [6.07, 6.45) is 0. The third kappa shape index (κ3) is 2.62. The van der Waals surface area contributed by atoms with Gasteiger partial charge >= 0.3 is 12.0 Å². The molecule has 3 aromatic rings. The average Bonchev–Trinajstić information content (AvgIpc) is 2.47. The van der Waals surface area contributed by atoms with Crippen LogP contribution in [0.15, 0.2) is 42.5 Å². The Morgan fingerprint density at radius 1 is 1.10 bits per heavy atom. The molecule has 1 aromatic heterocycles. The molecule has 0 bridgehead atoms. The van der Waals surface area contributed by atoms with Gasteiger partial charge in [0.05, 0.1) is 5.52 Å². The Hall–Kier alpha value is -3.09. The number of rotatable bonds is 3. The van der Waals surface area contributed by atoms with Crippen molar-refractivity contribution in [3.8, 4) is 11.8 Å². The van der Waals surface area contributed by atoms with Crippen LogP contribution in [0.2, 0.25) is 0 Å². The molecular formula is C14H8FN3O3. The van der Waals surface area contributed by atoms with Crippen molar-refractivity contribution in [3.63, 3.8) is 0 Å². The van der Waals surface area contributed by atoms with Gasteiger partial charge in [0, 0.05) is 6.07 Å². The number of para-hydroxylation sites is 1. The Labute approximate surface area is 117 Å². The van der Waals surface area contributed by atoms with Crippen molar-refractivity contribution in [3.05, 3.63) is 53.8 Å². The molecule has 2 aromatic carbocycles. The summed E-state index contributed by atoms with van der Waals surface area (Å²) >= 11 is 0. The number of nitrogens with zero attached hydrogens (tertiary/aromatic N) is 3. The van der Waals surface area contributed by atoms with Crippen molar-refractivity contribution >= 4 is 17.0 Å². The van der Waals surface area contributed by atoms with Crippen LogP contribution in [0.5, 0.6) is 11.8 Å². The second-order valence-electron chi connectivity index (χ2n) is 4.13. The van der Waals surface area contributed by atoms with Crippen molar-refractivity contribution in [2.24, 2.45) is 0 Å². The normalized spacial score (nSPS) is 10.5. The molecule has 0 aliphatic heterocycles. The van der Waals surface area contributed by atoms with E-state index in [1.165, 1.54) is 0 Å². The van der Waals surface area contributed by atoms with Crippen LogP contribution in [0, 0.1) is 5.82 Å². The van der Waals surface area contributed by atoms with E-state index in [1.54, 1.807) is 24.3 Å². The third-order valence-corrected chi connectivity index (χ3v) is 2.72. The van der Waals surface area contributed by atoms with Gasteiger partial charge in [0.1, 0.15) is 22.6 Å². The maximum Gasteiger partial charge on any atom is 0.341 e. The number of hydrogen-bond acceptors (Lipinski definition) is 5. The smallest absolute Gasteiger partial charge is 0.341 e. The van der Waals surface area contributed by atoms with Gasteiger partial charge in [0.15, 0.2) is 0 Å². The highest BCUT2D eigenvalue weighted by atomic mass is 19.1. The van der Waals surface area contributed by atoms with Crippen LogP contribution in [0.4, 0.5) is 4.39 Å². The zero-order valence-corrected chi connectivity index (χ0v) is 10.5. The lowest BCUT2D eigenvalue weighted by molar-refractivity contribution is 0.0694. The number of carbonyl (C=O) groups is 1. The van der Waals surface area contributed by atoms with E-state index in [-0.39, 0.29) is 17.3 Å². The lowest BCUT2D eigenvalue weighted by Gasteiger charge is -2.07. The number of hydrogen-bond donors (Lipinski definition) is 1. The Morgan fingerprint density at radius 3 is 2.62 bits per heavy atom. The second-order valence-corrected chi connectivity index (χ2v) is 4.13. The molecule has 7 heteroatoms. The molecule has 0 aliphatic rings. The van der Waals surface area contributed by atoms with Gasteiger partial charge in [-0.3, -0.25) is 0 Å². The zero-order chi connectivity index (χ0) is 14.8. The van der Waals surface area contributed by atoms with Crippen LogP contribution >= 0.6 is 0 Å². The van der Waals surface area contributed by atoms with Crippen LogP contribution < -0.4 is 4.74 Å². The molecule has 21 heavy (non-hydrogen) atoms. The van der Waals surface area contributed by atoms with Crippen molar-refractivity contribution in [1.29, 1.82) is 0 Å². The summed E-state index contributed by atoms with van der Waals surface area (Å²) in [5, 5.41) is 16.7. The van der Waals surface area contributed by atoms with Gasteiger partial charge in [0.2, 0.25) is 0 Å². The summed E-state index contributed by atoms with van der Waals surface area (Å²) in [4.78, 5) is 15.2. The highest BCUT2D eigenvalue weighted by molar-refractivity contribution is 5.90. The van der Waals surface area contributed by atoms with Gasteiger partial charge in [-0.1, -0.05) is 17.2 Å². The van der Waals surface area contributed by atoms with E-state index in [4.69, 9.17) is 9.84 Å². The zero-order valence-electron chi connectivity index (χ0n) is 10.5. The lowest BCUT2D eigenvalue weighted by Crippen LogP contribution is -2.02. The molecule has 0 saturated heterocycles. The van der Waals surface area contributed by atoms with Gasteiger partial charge in [0.25, 0.3) is 0 Å². The number of aromatic nitrogens is 3. The van der Waals surface area contributed by atoms with Crippen molar-refractivity contribution in [2.75, 3.05) is 0 Å². The number of aromatic carboxylic acids is 1. The van der Waals surface area contributed by atoms with Gasteiger partial charge in [-0.2, -0.15) is 4.98 Å². The molecular weight excluding hydrogens is 277 g/mol. The first-order chi connectivity index (χ1) is 10.1. The first-order valence-electron chi connectivity index (χ1n) is 5.93. The fourth-order valence-electron chi connectivity index (χ4n) is 1.76. The van der Waals surface area contributed by atoms with Crippen molar-refractivity contribution in [1.82, 2.24) is 15.2 Å². The number of carboxylic acid groups (broad SMARTS) is 1. The molecule has 104 valence electrons. The van der Waals surface area contributed by atoms with Gasteiger partial charge < -0.3 is 9.84 Å². The number of benzene rings is 2. The van der Waals surface area contributed by atoms with Crippen LogP contribution in [0.3, 0.4) is 0 Å². The molecule has 3 rings (SSSR count). The first kappa shape index (κ1) is 12.9. The van der Waals surface area contributed by atoms with E-state index in [9.17, 15) is 9.18 Å². The minimum absolute atomic E-state index is 0.151. The van der Waals surface area contributed by atoms with Crippen LogP contribution in [-0.4, -0.2) is 26.3 Å². The topological polar surface area (TPSA) is 85.2 Å². The molecule has 0 saturated carbocycles. The van der Waals surface area contributed by atoms with Crippen LogP contribution in [0.25, 0.3) is 11.0 Å². The van der Waals surface area contributed by atoms with Gasteiger partial charge in [-0.15, -0.1) is 5.10 Å². The number of fused-ring (bicyclic) bond motifs is 1. The van der Waals surface area contributed by atoms with E-state index < -0.39 is 11.8 Å². The number of carboxylic acids is 1. The minimum atomic E-state index is -1.24.